The van der Waals surface area contributed by atoms with Crippen molar-refractivity contribution in [1.82, 2.24) is 15.2 Å². The van der Waals surface area contributed by atoms with E-state index in [0.717, 1.165) is 18.3 Å². The molecule has 1 saturated carbocycles. The molecular weight excluding hydrogens is 278 g/mol. The normalized spacial score (nSPS) is 22.8. The molecule has 2 aromatic rings. The molecule has 0 amide bonds. The minimum atomic E-state index is 0.648. The maximum absolute atomic E-state index is 4.75. The summed E-state index contributed by atoms with van der Waals surface area (Å²) in [7, 11) is 0. The lowest BCUT2D eigenvalue weighted by Gasteiger charge is -2.15. The van der Waals surface area contributed by atoms with E-state index in [9.17, 15) is 0 Å². The zero-order chi connectivity index (χ0) is 14.1. The van der Waals surface area contributed by atoms with E-state index in [1.165, 1.54) is 42.9 Å². The number of nitrogens with zero attached hydrogens (tertiary/aromatic N) is 2. The molecule has 110 valence electrons. The zero-order valence-electron chi connectivity index (χ0n) is 12.2. The Hall–Kier alpha value is -1.23. The van der Waals surface area contributed by atoms with Gasteiger partial charge in [0.15, 0.2) is 0 Å². The fraction of sp³-hybridized carbons (Fsp3) is 0.471. The molecule has 21 heavy (non-hydrogen) atoms. The van der Waals surface area contributed by atoms with Crippen LogP contribution in [0.15, 0.2) is 35.7 Å². The molecule has 0 spiro atoms. The van der Waals surface area contributed by atoms with Gasteiger partial charge in [0, 0.05) is 42.7 Å². The van der Waals surface area contributed by atoms with Crippen LogP contribution in [-0.4, -0.2) is 35.1 Å². The summed E-state index contributed by atoms with van der Waals surface area (Å²) in [6, 6.07) is 12.0. The third-order valence-corrected chi connectivity index (χ3v) is 5.30. The standard InChI is InChI=1S/C17H21N3S/c1-2-4-13(5-3-1)16-12-21-17(19-16)10-18-14-8-9-20(11-14)15-6-7-15/h1-5,12,14-15,18H,6-11H2. The first kappa shape index (κ1) is 13.4. The summed E-state index contributed by atoms with van der Waals surface area (Å²) < 4.78 is 0. The molecular formula is C17H21N3S. The third-order valence-electron chi connectivity index (χ3n) is 4.45. The second-order valence-corrected chi connectivity index (χ2v) is 7.03. The third kappa shape index (κ3) is 3.18. The van der Waals surface area contributed by atoms with Crippen molar-refractivity contribution in [3.05, 3.63) is 40.7 Å². The van der Waals surface area contributed by atoms with E-state index in [1.807, 2.05) is 6.07 Å². The number of hydrogen-bond donors (Lipinski definition) is 1. The van der Waals surface area contributed by atoms with E-state index in [-0.39, 0.29) is 0 Å². The number of aromatic nitrogens is 1. The Balaban J connectivity index is 1.32. The van der Waals surface area contributed by atoms with Gasteiger partial charge in [-0.3, -0.25) is 4.90 Å². The molecule has 4 rings (SSSR count). The molecule has 3 nitrogen and oxygen atoms in total. The second kappa shape index (κ2) is 5.87. The molecule has 1 saturated heterocycles. The van der Waals surface area contributed by atoms with Gasteiger partial charge in [-0.15, -0.1) is 11.3 Å². The van der Waals surface area contributed by atoms with Crippen LogP contribution in [0, 0.1) is 0 Å². The average Bonchev–Trinajstić information content (AvgIpc) is 3.09. The molecule has 1 unspecified atom stereocenters. The number of likely N-dealkylation sites (tertiary alicyclic amines) is 1. The molecule has 2 aliphatic rings. The summed E-state index contributed by atoms with van der Waals surface area (Å²) in [6.45, 7) is 3.40. The van der Waals surface area contributed by atoms with Crippen molar-refractivity contribution in [1.29, 1.82) is 0 Å². The molecule has 1 aliphatic heterocycles. The van der Waals surface area contributed by atoms with Crippen molar-refractivity contribution in [2.45, 2.75) is 37.9 Å². The van der Waals surface area contributed by atoms with Crippen LogP contribution in [0.2, 0.25) is 0 Å². The van der Waals surface area contributed by atoms with Gasteiger partial charge < -0.3 is 5.32 Å². The quantitative estimate of drug-likeness (QED) is 0.919. The summed E-state index contributed by atoms with van der Waals surface area (Å²) in [6.07, 6.45) is 4.12. The molecule has 1 aromatic heterocycles. The van der Waals surface area contributed by atoms with Crippen LogP contribution in [0.4, 0.5) is 0 Å². The molecule has 0 bridgehead atoms. The monoisotopic (exact) mass is 299 g/mol. The van der Waals surface area contributed by atoms with Crippen LogP contribution < -0.4 is 5.32 Å². The van der Waals surface area contributed by atoms with E-state index in [1.54, 1.807) is 11.3 Å². The van der Waals surface area contributed by atoms with Crippen molar-refractivity contribution < 1.29 is 0 Å². The smallest absolute Gasteiger partial charge is 0.107 e. The highest BCUT2D eigenvalue weighted by molar-refractivity contribution is 7.09. The van der Waals surface area contributed by atoms with E-state index in [0.29, 0.717) is 6.04 Å². The molecule has 2 heterocycles. The number of benzene rings is 1. The lowest BCUT2D eigenvalue weighted by Crippen LogP contribution is -2.32. The van der Waals surface area contributed by atoms with Crippen molar-refractivity contribution in [3.8, 4) is 11.3 Å². The molecule has 1 aromatic carbocycles. The lowest BCUT2D eigenvalue weighted by atomic mass is 10.2. The van der Waals surface area contributed by atoms with Gasteiger partial charge in [-0.05, 0) is 19.3 Å². The summed E-state index contributed by atoms with van der Waals surface area (Å²) in [4.78, 5) is 7.40. The Morgan fingerprint density at radius 1 is 1.19 bits per heavy atom. The van der Waals surface area contributed by atoms with Gasteiger partial charge in [0.25, 0.3) is 0 Å². The molecule has 1 atom stereocenters. The minimum Gasteiger partial charge on any atom is -0.306 e. The SMILES string of the molecule is c1ccc(-c2csc(CNC3CCN(C4CC4)C3)n2)cc1. The zero-order valence-corrected chi connectivity index (χ0v) is 13.0. The summed E-state index contributed by atoms with van der Waals surface area (Å²) in [5.74, 6) is 0. The number of rotatable bonds is 5. The van der Waals surface area contributed by atoms with Gasteiger partial charge in [-0.2, -0.15) is 0 Å². The predicted molar refractivity (Wildman–Crippen MR) is 87.4 cm³/mol. The number of thiazole rings is 1. The van der Waals surface area contributed by atoms with Gasteiger partial charge >= 0.3 is 0 Å². The highest BCUT2D eigenvalue weighted by Gasteiger charge is 2.34. The minimum absolute atomic E-state index is 0.648. The van der Waals surface area contributed by atoms with Gasteiger partial charge in [0.1, 0.15) is 5.01 Å². The van der Waals surface area contributed by atoms with E-state index >= 15 is 0 Å². The molecule has 0 radical (unpaired) electrons. The van der Waals surface area contributed by atoms with Crippen LogP contribution in [0.1, 0.15) is 24.3 Å². The summed E-state index contributed by atoms with van der Waals surface area (Å²) in [5.41, 5.74) is 2.31. The largest absolute Gasteiger partial charge is 0.306 e. The first-order valence-corrected chi connectivity index (χ1v) is 8.74. The molecule has 4 heteroatoms. The fourth-order valence-electron chi connectivity index (χ4n) is 3.09. The predicted octanol–water partition coefficient (Wildman–Crippen LogP) is 3.14. The van der Waals surface area contributed by atoms with Crippen LogP contribution >= 0.6 is 11.3 Å². The van der Waals surface area contributed by atoms with Gasteiger partial charge in [0.2, 0.25) is 0 Å². The molecule has 2 fully saturated rings. The van der Waals surface area contributed by atoms with E-state index < -0.39 is 0 Å². The van der Waals surface area contributed by atoms with Gasteiger partial charge in [-0.1, -0.05) is 30.3 Å². The van der Waals surface area contributed by atoms with Crippen LogP contribution in [-0.2, 0) is 6.54 Å². The second-order valence-electron chi connectivity index (χ2n) is 6.09. The summed E-state index contributed by atoms with van der Waals surface area (Å²) in [5, 5.41) is 7.04. The first-order valence-electron chi connectivity index (χ1n) is 7.86. The van der Waals surface area contributed by atoms with Gasteiger partial charge in [0.05, 0.1) is 5.69 Å². The number of hydrogen-bond acceptors (Lipinski definition) is 4. The highest BCUT2D eigenvalue weighted by atomic mass is 32.1. The van der Waals surface area contributed by atoms with E-state index in [2.05, 4.69) is 39.9 Å². The maximum Gasteiger partial charge on any atom is 0.107 e. The highest BCUT2D eigenvalue weighted by Crippen LogP contribution is 2.30. The van der Waals surface area contributed by atoms with E-state index in [4.69, 9.17) is 4.98 Å². The Morgan fingerprint density at radius 2 is 2.05 bits per heavy atom. The summed E-state index contributed by atoms with van der Waals surface area (Å²) >= 11 is 1.76. The van der Waals surface area contributed by atoms with Crippen LogP contribution in [0.3, 0.4) is 0 Å². The Morgan fingerprint density at radius 3 is 2.86 bits per heavy atom. The van der Waals surface area contributed by atoms with Crippen molar-refractivity contribution >= 4 is 11.3 Å². The first-order chi connectivity index (χ1) is 10.4. The topological polar surface area (TPSA) is 28.2 Å². The van der Waals surface area contributed by atoms with Crippen LogP contribution in [0.5, 0.6) is 0 Å². The Bertz CT molecular complexity index is 591. The van der Waals surface area contributed by atoms with Gasteiger partial charge in [-0.25, -0.2) is 4.98 Å². The maximum atomic E-state index is 4.75. The molecule has 1 N–H and O–H groups in total. The number of nitrogens with one attached hydrogen (secondary N) is 1. The van der Waals surface area contributed by atoms with Crippen molar-refractivity contribution in [3.63, 3.8) is 0 Å². The van der Waals surface area contributed by atoms with Crippen molar-refractivity contribution in [2.75, 3.05) is 13.1 Å². The Labute approximate surface area is 130 Å². The molecule has 1 aliphatic carbocycles. The van der Waals surface area contributed by atoms with Crippen molar-refractivity contribution in [2.24, 2.45) is 0 Å². The fourth-order valence-corrected chi connectivity index (χ4v) is 3.84. The average molecular weight is 299 g/mol. The Kier molecular flexibility index (Phi) is 3.76. The lowest BCUT2D eigenvalue weighted by molar-refractivity contribution is 0.317. The van der Waals surface area contributed by atoms with Crippen LogP contribution in [0.25, 0.3) is 11.3 Å².